The SMILES string of the molecule is O=C(C1CCCN1)N1CCc2sccc2C1C1CC1. The molecule has 0 spiro atoms. The van der Waals surface area contributed by atoms with Crippen LogP contribution in [-0.4, -0.2) is 29.9 Å². The summed E-state index contributed by atoms with van der Waals surface area (Å²) in [5.41, 5.74) is 1.45. The quantitative estimate of drug-likeness (QED) is 0.899. The van der Waals surface area contributed by atoms with Gasteiger partial charge in [-0.3, -0.25) is 4.79 Å². The lowest BCUT2D eigenvalue weighted by molar-refractivity contribution is -0.136. The number of fused-ring (bicyclic) bond motifs is 1. The molecule has 0 aromatic carbocycles. The van der Waals surface area contributed by atoms with Gasteiger partial charge in [0, 0.05) is 11.4 Å². The molecule has 0 radical (unpaired) electrons. The van der Waals surface area contributed by atoms with Crippen molar-refractivity contribution >= 4 is 17.2 Å². The Morgan fingerprint density at radius 3 is 3.00 bits per heavy atom. The van der Waals surface area contributed by atoms with Crippen LogP contribution in [0.15, 0.2) is 11.4 Å². The Kier molecular flexibility index (Phi) is 2.88. The van der Waals surface area contributed by atoms with Crippen LogP contribution in [0.25, 0.3) is 0 Å². The monoisotopic (exact) mass is 276 g/mol. The van der Waals surface area contributed by atoms with Gasteiger partial charge in [0.05, 0.1) is 12.1 Å². The Hall–Kier alpha value is -0.870. The molecule has 1 saturated carbocycles. The minimum Gasteiger partial charge on any atom is -0.334 e. The molecular weight excluding hydrogens is 256 g/mol. The van der Waals surface area contributed by atoms with Gasteiger partial charge in [0.2, 0.25) is 5.91 Å². The van der Waals surface area contributed by atoms with Crippen LogP contribution in [0.3, 0.4) is 0 Å². The number of hydrogen-bond acceptors (Lipinski definition) is 3. The molecule has 2 atom stereocenters. The van der Waals surface area contributed by atoms with Crippen molar-refractivity contribution in [3.63, 3.8) is 0 Å². The first kappa shape index (κ1) is 11.9. The fourth-order valence-corrected chi connectivity index (χ4v) is 4.52. The first-order chi connectivity index (χ1) is 9.34. The molecule has 102 valence electrons. The standard InChI is InChI=1S/C15H20N2OS/c18-15(12-2-1-7-16-12)17-8-5-13-11(6-9-19-13)14(17)10-3-4-10/h6,9-10,12,14,16H,1-5,7-8H2. The van der Waals surface area contributed by atoms with E-state index in [4.69, 9.17) is 0 Å². The largest absolute Gasteiger partial charge is 0.334 e. The molecule has 0 bridgehead atoms. The topological polar surface area (TPSA) is 32.3 Å². The number of hydrogen-bond donors (Lipinski definition) is 1. The van der Waals surface area contributed by atoms with Gasteiger partial charge >= 0.3 is 0 Å². The van der Waals surface area contributed by atoms with Gasteiger partial charge in [-0.15, -0.1) is 11.3 Å². The van der Waals surface area contributed by atoms with E-state index in [1.54, 1.807) is 0 Å². The van der Waals surface area contributed by atoms with Crippen LogP contribution in [0.2, 0.25) is 0 Å². The third-order valence-electron chi connectivity index (χ3n) is 4.72. The minimum absolute atomic E-state index is 0.0847. The van der Waals surface area contributed by atoms with E-state index >= 15 is 0 Å². The van der Waals surface area contributed by atoms with Gasteiger partial charge in [-0.25, -0.2) is 0 Å². The van der Waals surface area contributed by atoms with Crippen molar-refractivity contribution in [1.82, 2.24) is 10.2 Å². The summed E-state index contributed by atoms with van der Waals surface area (Å²) < 4.78 is 0. The molecule has 1 aromatic rings. The average Bonchev–Trinajstić information content (AvgIpc) is 2.95. The number of rotatable bonds is 2. The van der Waals surface area contributed by atoms with Crippen molar-refractivity contribution < 1.29 is 4.79 Å². The summed E-state index contributed by atoms with van der Waals surface area (Å²) in [6.45, 7) is 1.92. The Morgan fingerprint density at radius 2 is 2.26 bits per heavy atom. The minimum atomic E-state index is 0.0847. The summed E-state index contributed by atoms with van der Waals surface area (Å²) in [6, 6.07) is 2.72. The maximum absolute atomic E-state index is 12.7. The fraction of sp³-hybridized carbons (Fsp3) is 0.667. The number of carbonyl (C=O) groups is 1. The van der Waals surface area contributed by atoms with E-state index in [9.17, 15) is 4.79 Å². The Morgan fingerprint density at radius 1 is 1.37 bits per heavy atom. The highest BCUT2D eigenvalue weighted by Crippen LogP contribution is 2.48. The first-order valence-electron chi connectivity index (χ1n) is 7.45. The van der Waals surface area contributed by atoms with Gasteiger partial charge in [0.25, 0.3) is 0 Å². The molecule has 1 N–H and O–H groups in total. The van der Waals surface area contributed by atoms with Crippen LogP contribution in [0.5, 0.6) is 0 Å². The lowest BCUT2D eigenvalue weighted by atomic mass is 9.95. The van der Waals surface area contributed by atoms with Crippen molar-refractivity contribution in [2.45, 2.75) is 44.2 Å². The maximum Gasteiger partial charge on any atom is 0.240 e. The molecule has 1 saturated heterocycles. The molecular formula is C15H20N2OS. The summed E-state index contributed by atoms with van der Waals surface area (Å²) in [5.74, 6) is 1.07. The van der Waals surface area contributed by atoms with Gasteiger partial charge in [-0.1, -0.05) is 0 Å². The van der Waals surface area contributed by atoms with Gasteiger partial charge < -0.3 is 10.2 Å². The van der Waals surface area contributed by atoms with Crippen molar-refractivity contribution in [2.75, 3.05) is 13.1 Å². The zero-order valence-electron chi connectivity index (χ0n) is 11.1. The highest BCUT2D eigenvalue weighted by molar-refractivity contribution is 7.10. The second kappa shape index (κ2) is 4.60. The predicted octanol–water partition coefficient (Wildman–Crippen LogP) is 2.34. The zero-order chi connectivity index (χ0) is 12.8. The van der Waals surface area contributed by atoms with E-state index in [1.807, 2.05) is 11.3 Å². The van der Waals surface area contributed by atoms with Crippen LogP contribution in [-0.2, 0) is 11.2 Å². The van der Waals surface area contributed by atoms with E-state index < -0.39 is 0 Å². The molecule has 19 heavy (non-hydrogen) atoms. The summed E-state index contributed by atoms with van der Waals surface area (Å²) in [6.07, 6.45) is 5.80. The normalized spacial score (nSPS) is 30.4. The molecule has 3 aliphatic rings. The molecule has 3 heterocycles. The maximum atomic E-state index is 12.7. The lowest BCUT2D eigenvalue weighted by Gasteiger charge is -2.37. The predicted molar refractivity (Wildman–Crippen MR) is 76.2 cm³/mol. The third kappa shape index (κ3) is 2.01. The van der Waals surface area contributed by atoms with E-state index in [0.717, 1.165) is 38.3 Å². The van der Waals surface area contributed by atoms with Gasteiger partial charge in [0.1, 0.15) is 0 Å². The molecule has 1 amide bonds. The van der Waals surface area contributed by atoms with Crippen molar-refractivity contribution in [3.05, 3.63) is 21.9 Å². The highest BCUT2D eigenvalue weighted by Gasteiger charge is 2.43. The van der Waals surface area contributed by atoms with Gasteiger partial charge in [0.15, 0.2) is 0 Å². The number of thiophene rings is 1. The Balaban J connectivity index is 1.62. The summed E-state index contributed by atoms with van der Waals surface area (Å²) >= 11 is 1.87. The number of nitrogens with one attached hydrogen (secondary N) is 1. The van der Waals surface area contributed by atoms with Crippen molar-refractivity contribution in [1.29, 1.82) is 0 Å². The molecule has 4 heteroatoms. The van der Waals surface area contributed by atoms with Crippen molar-refractivity contribution in [2.24, 2.45) is 5.92 Å². The second-order valence-corrected chi connectivity index (χ2v) is 7.01. The number of carbonyl (C=O) groups excluding carboxylic acids is 1. The van der Waals surface area contributed by atoms with Crippen LogP contribution in [0.1, 0.15) is 42.2 Å². The molecule has 2 unspecified atom stereocenters. The van der Waals surface area contributed by atoms with E-state index in [2.05, 4.69) is 21.7 Å². The Labute approximate surface area is 118 Å². The smallest absolute Gasteiger partial charge is 0.240 e. The fourth-order valence-electron chi connectivity index (χ4n) is 3.61. The second-order valence-electron chi connectivity index (χ2n) is 6.01. The molecule has 1 aliphatic carbocycles. The first-order valence-corrected chi connectivity index (χ1v) is 8.32. The average molecular weight is 276 g/mol. The van der Waals surface area contributed by atoms with Gasteiger partial charge in [-0.05, 0) is 61.6 Å². The van der Waals surface area contributed by atoms with Crippen LogP contribution >= 0.6 is 11.3 Å². The molecule has 4 rings (SSSR count). The molecule has 1 aromatic heterocycles. The Bertz CT molecular complexity index is 488. The lowest BCUT2D eigenvalue weighted by Crippen LogP contribution is -2.48. The highest BCUT2D eigenvalue weighted by atomic mass is 32.1. The molecule has 2 fully saturated rings. The van der Waals surface area contributed by atoms with E-state index in [0.29, 0.717) is 11.9 Å². The van der Waals surface area contributed by atoms with E-state index in [1.165, 1.54) is 23.3 Å². The molecule has 2 aliphatic heterocycles. The van der Waals surface area contributed by atoms with E-state index in [-0.39, 0.29) is 6.04 Å². The van der Waals surface area contributed by atoms with Crippen molar-refractivity contribution in [3.8, 4) is 0 Å². The summed E-state index contributed by atoms with van der Waals surface area (Å²) in [5, 5.41) is 5.56. The molecule has 3 nitrogen and oxygen atoms in total. The van der Waals surface area contributed by atoms with Gasteiger partial charge in [-0.2, -0.15) is 0 Å². The van der Waals surface area contributed by atoms with Crippen LogP contribution in [0, 0.1) is 5.92 Å². The summed E-state index contributed by atoms with van der Waals surface area (Å²) in [7, 11) is 0. The zero-order valence-corrected chi connectivity index (χ0v) is 11.9. The number of nitrogens with zero attached hydrogens (tertiary/aromatic N) is 1. The number of amides is 1. The third-order valence-corrected chi connectivity index (χ3v) is 5.72. The van der Waals surface area contributed by atoms with Crippen LogP contribution < -0.4 is 5.32 Å². The van der Waals surface area contributed by atoms with Crippen LogP contribution in [0.4, 0.5) is 0 Å². The summed E-state index contributed by atoms with van der Waals surface area (Å²) in [4.78, 5) is 16.4.